The van der Waals surface area contributed by atoms with E-state index in [4.69, 9.17) is 5.73 Å². The van der Waals surface area contributed by atoms with Crippen LogP contribution < -0.4 is 5.73 Å². The minimum atomic E-state index is 0.102. The molecule has 0 radical (unpaired) electrons. The first-order chi connectivity index (χ1) is 10.1. The molecule has 0 aromatic heterocycles. The summed E-state index contributed by atoms with van der Waals surface area (Å²) in [5, 5.41) is 9.73. The summed E-state index contributed by atoms with van der Waals surface area (Å²) in [4.78, 5) is 5.07. The monoisotopic (exact) mass is 297 g/mol. The van der Waals surface area contributed by atoms with Crippen LogP contribution in [-0.2, 0) is 0 Å². The molecule has 4 heteroatoms. The molecule has 0 spiro atoms. The molecule has 2 aliphatic heterocycles. The van der Waals surface area contributed by atoms with Crippen molar-refractivity contribution in [2.24, 2.45) is 17.6 Å². The molecule has 2 aliphatic rings. The van der Waals surface area contributed by atoms with Crippen LogP contribution in [0.3, 0.4) is 0 Å². The highest BCUT2D eigenvalue weighted by molar-refractivity contribution is 4.86. The highest BCUT2D eigenvalue weighted by atomic mass is 16.3. The van der Waals surface area contributed by atoms with Crippen LogP contribution in [0.25, 0.3) is 0 Å². The minimum absolute atomic E-state index is 0.102. The third-order valence-electron chi connectivity index (χ3n) is 5.26. The summed E-state index contributed by atoms with van der Waals surface area (Å²) in [6, 6.07) is 0.255. The van der Waals surface area contributed by atoms with E-state index in [0.717, 1.165) is 25.4 Å². The van der Waals surface area contributed by atoms with Gasteiger partial charge in [-0.2, -0.15) is 0 Å². The van der Waals surface area contributed by atoms with E-state index < -0.39 is 0 Å². The van der Waals surface area contributed by atoms with Crippen molar-refractivity contribution in [1.29, 1.82) is 0 Å². The third kappa shape index (κ3) is 5.20. The van der Waals surface area contributed by atoms with Crippen LogP contribution >= 0.6 is 0 Å². The number of hydrogen-bond donors (Lipinski definition) is 2. The molecular formula is C17H35N3O. The number of likely N-dealkylation sites (tertiary alicyclic amines) is 2. The van der Waals surface area contributed by atoms with Gasteiger partial charge < -0.3 is 15.7 Å². The number of aliphatic hydroxyl groups excluding tert-OH is 1. The van der Waals surface area contributed by atoms with Gasteiger partial charge in [0.2, 0.25) is 0 Å². The molecule has 2 unspecified atom stereocenters. The SMILES string of the molecule is CC(C)CC(N)C(CO)N1CCC(CN2CCCC2)CC1. The molecule has 2 fully saturated rings. The Bertz CT molecular complexity index is 284. The Hall–Kier alpha value is -0.160. The number of hydrogen-bond acceptors (Lipinski definition) is 4. The van der Waals surface area contributed by atoms with E-state index in [2.05, 4.69) is 23.6 Å². The fourth-order valence-electron chi connectivity index (χ4n) is 4.02. The zero-order valence-corrected chi connectivity index (χ0v) is 14.0. The molecule has 4 nitrogen and oxygen atoms in total. The topological polar surface area (TPSA) is 52.7 Å². The lowest BCUT2D eigenvalue weighted by molar-refractivity contribution is 0.0610. The smallest absolute Gasteiger partial charge is 0.0601 e. The lowest BCUT2D eigenvalue weighted by Gasteiger charge is -2.40. The molecule has 0 aromatic carbocycles. The van der Waals surface area contributed by atoms with E-state index in [1.807, 2.05) is 0 Å². The maximum Gasteiger partial charge on any atom is 0.0601 e. The second-order valence-electron chi connectivity index (χ2n) is 7.53. The lowest BCUT2D eigenvalue weighted by Crippen LogP contribution is -2.53. The van der Waals surface area contributed by atoms with Gasteiger partial charge in [-0.1, -0.05) is 13.8 Å². The van der Waals surface area contributed by atoms with Crippen molar-refractivity contribution < 1.29 is 5.11 Å². The predicted octanol–water partition coefficient (Wildman–Crippen LogP) is 1.53. The van der Waals surface area contributed by atoms with E-state index in [1.165, 1.54) is 45.3 Å². The Morgan fingerprint density at radius 3 is 2.24 bits per heavy atom. The first-order valence-electron chi connectivity index (χ1n) is 8.93. The Morgan fingerprint density at radius 2 is 1.71 bits per heavy atom. The number of rotatable bonds is 7. The first kappa shape index (κ1) is 17.2. The van der Waals surface area contributed by atoms with Gasteiger partial charge in [0.15, 0.2) is 0 Å². The highest BCUT2D eigenvalue weighted by Gasteiger charge is 2.29. The molecule has 0 amide bonds. The summed E-state index contributed by atoms with van der Waals surface area (Å²) < 4.78 is 0. The van der Waals surface area contributed by atoms with Gasteiger partial charge in [0.05, 0.1) is 6.61 Å². The predicted molar refractivity (Wildman–Crippen MR) is 88.3 cm³/mol. The Labute approximate surface area is 130 Å². The highest BCUT2D eigenvalue weighted by Crippen LogP contribution is 2.23. The van der Waals surface area contributed by atoms with Crippen LogP contribution in [0, 0.1) is 11.8 Å². The first-order valence-corrected chi connectivity index (χ1v) is 8.93. The number of piperidine rings is 1. The maximum absolute atomic E-state index is 9.73. The van der Waals surface area contributed by atoms with Crippen molar-refractivity contribution >= 4 is 0 Å². The molecule has 2 heterocycles. The molecule has 0 bridgehead atoms. The van der Waals surface area contributed by atoms with Gasteiger partial charge in [-0.05, 0) is 70.1 Å². The van der Waals surface area contributed by atoms with Crippen molar-refractivity contribution in [1.82, 2.24) is 9.80 Å². The molecule has 0 aliphatic carbocycles. The molecular weight excluding hydrogens is 262 g/mol. The van der Waals surface area contributed by atoms with Gasteiger partial charge in [0, 0.05) is 18.6 Å². The molecule has 124 valence electrons. The normalized spacial score (nSPS) is 25.6. The quantitative estimate of drug-likeness (QED) is 0.748. The van der Waals surface area contributed by atoms with E-state index in [0.29, 0.717) is 5.92 Å². The molecule has 0 aromatic rings. The Balaban J connectivity index is 1.75. The maximum atomic E-state index is 9.73. The summed E-state index contributed by atoms with van der Waals surface area (Å²) in [7, 11) is 0. The summed E-state index contributed by atoms with van der Waals surface area (Å²) in [6.07, 6.45) is 6.30. The van der Waals surface area contributed by atoms with E-state index >= 15 is 0 Å². The van der Waals surface area contributed by atoms with Crippen LogP contribution in [-0.4, -0.2) is 66.3 Å². The van der Waals surface area contributed by atoms with E-state index in [-0.39, 0.29) is 18.7 Å². The van der Waals surface area contributed by atoms with Crippen LogP contribution in [0.4, 0.5) is 0 Å². The van der Waals surface area contributed by atoms with Crippen LogP contribution in [0.5, 0.6) is 0 Å². The standard InChI is InChI=1S/C17H35N3O/c1-14(2)11-16(18)17(13-21)20-9-5-15(6-10-20)12-19-7-3-4-8-19/h14-17,21H,3-13,18H2,1-2H3. The second-order valence-corrected chi connectivity index (χ2v) is 7.53. The second kappa shape index (κ2) is 8.47. The zero-order chi connectivity index (χ0) is 15.2. The van der Waals surface area contributed by atoms with Crippen LogP contribution in [0.15, 0.2) is 0 Å². The fourth-order valence-corrected chi connectivity index (χ4v) is 4.02. The summed E-state index contributed by atoms with van der Waals surface area (Å²) in [5.74, 6) is 1.45. The average molecular weight is 297 g/mol. The lowest BCUT2D eigenvalue weighted by atomic mass is 9.92. The number of nitrogens with two attached hydrogens (primary N) is 1. The molecule has 0 saturated carbocycles. The van der Waals surface area contributed by atoms with Crippen molar-refractivity contribution in [3.63, 3.8) is 0 Å². The van der Waals surface area contributed by atoms with Gasteiger partial charge in [0.1, 0.15) is 0 Å². The van der Waals surface area contributed by atoms with Crippen molar-refractivity contribution in [3.8, 4) is 0 Å². The van der Waals surface area contributed by atoms with Gasteiger partial charge in [0.25, 0.3) is 0 Å². The van der Waals surface area contributed by atoms with Crippen LogP contribution in [0.2, 0.25) is 0 Å². The van der Waals surface area contributed by atoms with Gasteiger partial charge in [-0.15, -0.1) is 0 Å². The summed E-state index contributed by atoms with van der Waals surface area (Å²) in [5.41, 5.74) is 6.32. The molecule has 3 N–H and O–H groups in total. The third-order valence-corrected chi connectivity index (χ3v) is 5.26. The average Bonchev–Trinajstić information content (AvgIpc) is 2.93. The van der Waals surface area contributed by atoms with Crippen molar-refractivity contribution in [3.05, 3.63) is 0 Å². The van der Waals surface area contributed by atoms with Gasteiger partial charge >= 0.3 is 0 Å². The van der Waals surface area contributed by atoms with Crippen molar-refractivity contribution in [2.45, 2.75) is 58.0 Å². The largest absolute Gasteiger partial charge is 0.395 e. The molecule has 2 rings (SSSR count). The fraction of sp³-hybridized carbons (Fsp3) is 1.00. The molecule has 2 atom stereocenters. The Morgan fingerprint density at radius 1 is 1.10 bits per heavy atom. The summed E-state index contributed by atoms with van der Waals surface area (Å²) in [6.45, 7) is 10.7. The number of aliphatic hydroxyl groups is 1. The van der Waals surface area contributed by atoms with Crippen molar-refractivity contribution in [2.75, 3.05) is 39.3 Å². The number of nitrogens with zero attached hydrogens (tertiary/aromatic N) is 2. The van der Waals surface area contributed by atoms with E-state index in [9.17, 15) is 5.11 Å². The van der Waals surface area contributed by atoms with Gasteiger partial charge in [-0.3, -0.25) is 4.90 Å². The van der Waals surface area contributed by atoms with E-state index in [1.54, 1.807) is 0 Å². The molecule has 21 heavy (non-hydrogen) atoms. The Kier molecular flexibility index (Phi) is 6.93. The van der Waals surface area contributed by atoms with Crippen LogP contribution in [0.1, 0.15) is 46.0 Å². The zero-order valence-electron chi connectivity index (χ0n) is 14.0. The minimum Gasteiger partial charge on any atom is -0.395 e. The molecule has 2 saturated heterocycles. The summed E-state index contributed by atoms with van der Waals surface area (Å²) >= 11 is 0. The van der Waals surface area contributed by atoms with Gasteiger partial charge in [-0.25, -0.2) is 0 Å².